The van der Waals surface area contributed by atoms with Crippen LogP contribution in [0.5, 0.6) is 0 Å². The van der Waals surface area contributed by atoms with Crippen molar-refractivity contribution in [3.05, 3.63) is 0 Å². The molecule has 0 aromatic heterocycles. The third-order valence-corrected chi connectivity index (χ3v) is 2.92. The highest BCUT2D eigenvalue weighted by Crippen LogP contribution is 2.17. The molecule has 1 aliphatic heterocycles. The quantitative estimate of drug-likeness (QED) is 0.722. The summed E-state index contributed by atoms with van der Waals surface area (Å²) in [6.45, 7) is 7.65. The number of piperazine rings is 1. The van der Waals surface area contributed by atoms with Gasteiger partial charge in [0, 0.05) is 5.41 Å². The summed E-state index contributed by atoms with van der Waals surface area (Å²) in [7, 11) is 0. The van der Waals surface area contributed by atoms with E-state index < -0.39 is 5.41 Å². The van der Waals surface area contributed by atoms with Gasteiger partial charge in [-0.25, -0.2) is 0 Å². The molecule has 2 amide bonds. The first-order valence-corrected chi connectivity index (χ1v) is 5.86. The van der Waals surface area contributed by atoms with Crippen LogP contribution in [0.4, 0.5) is 0 Å². The summed E-state index contributed by atoms with van der Waals surface area (Å²) >= 11 is 0. The smallest absolute Gasteiger partial charge is 0.243 e. The lowest BCUT2D eigenvalue weighted by Crippen LogP contribution is -2.59. The Bertz CT molecular complexity index is 344. The van der Waals surface area contributed by atoms with Crippen LogP contribution in [0.25, 0.3) is 0 Å². The number of hydrogen-bond donors (Lipinski definition) is 1. The average Bonchev–Trinajstić information content (AvgIpc) is 2.15. The fourth-order valence-corrected chi connectivity index (χ4v) is 1.75. The lowest BCUT2D eigenvalue weighted by Gasteiger charge is -2.34. The van der Waals surface area contributed by atoms with Crippen molar-refractivity contribution in [3.8, 4) is 0 Å². The van der Waals surface area contributed by atoms with Gasteiger partial charge < -0.3 is 0 Å². The highest BCUT2D eigenvalue weighted by Gasteiger charge is 2.35. The van der Waals surface area contributed by atoms with Crippen LogP contribution in [-0.4, -0.2) is 41.6 Å². The van der Waals surface area contributed by atoms with Crippen LogP contribution in [0.2, 0.25) is 0 Å². The third-order valence-electron chi connectivity index (χ3n) is 2.92. The number of hydrogen-bond acceptors (Lipinski definition) is 4. The van der Waals surface area contributed by atoms with Gasteiger partial charge in [0.05, 0.1) is 19.1 Å². The molecule has 1 fully saturated rings. The maximum atomic E-state index is 11.9. The molecule has 0 radical (unpaired) electrons. The summed E-state index contributed by atoms with van der Waals surface area (Å²) in [5, 5.41) is 2.29. The number of nitrogens with one attached hydrogen (secondary N) is 1. The Morgan fingerprint density at radius 3 is 2.47 bits per heavy atom. The van der Waals surface area contributed by atoms with Crippen molar-refractivity contribution in [1.29, 1.82) is 0 Å². The lowest BCUT2D eigenvalue weighted by molar-refractivity contribution is -0.141. The van der Waals surface area contributed by atoms with E-state index in [4.69, 9.17) is 0 Å². The zero-order valence-electron chi connectivity index (χ0n) is 10.9. The van der Waals surface area contributed by atoms with E-state index in [9.17, 15) is 14.4 Å². The van der Waals surface area contributed by atoms with Crippen molar-refractivity contribution >= 4 is 17.6 Å². The summed E-state index contributed by atoms with van der Waals surface area (Å²) in [6, 6.07) is -0.376. The molecule has 0 spiro atoms. The Morgan fingerprint density at radius 1 is 1.41 bits per heavy atom. The first kappa shape index (κ1) is 13.8. The second-order valence-electron chi connectivity index (χ2n) is 5.41. The molecule has 1 heterocycles. The van der Waals surface area contributed by atoms with Gasteiger partial charge in [0.2, 0.25) is 11.8 Å². The summed E-state index contributed by atoms with van der Waals surface area (Å²) in [5.41, 5.74) is -0.449. The van der Waals surface area contributed by atoms with E-state index in [1.54, 1.807) is 4.90 Å². The van der Waals surface area contributed by atoms with Gasteiger partial charge in [0.1, 0.15) is 0 Å². The normalized spacial score (nSPS) is 22.5. The Balaban J connectivity index is 2.76. The SMILES string of the molecule is CCC1C(=O)NC(=O)CN1CC(=O)C(C)(C)C. The molecule has 0 aromatic carbocycles. The van der Waals surface area contributed by atoms with E-state index in [-0.39, 0.29) is 36.7 Å². The number of carbonyl (C=O) groups is 3. The molecule has 1 rings (SSSR count). The second kappa shape index (κ2) is 4.96. The van der Waals surface area contributed by atoms with Crippen LogP contribution >= 0.6 is 0 Å². The second-order valence-corrected chi connectivity index (χ2v) is 5.41. The predicted octanol–water partition coefficient (Wildman–Crippen LogP) is 0.339. The van der Waals surface area contributed by atoms with Crippen LogP contribution in [0.3, 0.4) is 0 Å². The largest absolute Gasteiger partial charge is 0.298 e. The average molecular weight is 240 g/mol. The molecule has 1 aliphatic rings. The van der Waals surface area contributed by atoms with Crippen molar-refractivity contribution in [2.24, 2.45) is 5.41 Å². The van der Waals surface area contributed by atoms with Crippen molar-refractivity contribution < 1.29 is 14.4 Å². The number of nitrogens with zero attached hydrogens (tertiary/aromatic N) is 1. The van der Waals surface area contributed by atoms with Gasteiger partial charge in [-0.2, -0.15) is 0 Å². The van der Waals surface area contributed by atoms with E-state index in [2.05, 4.69) is 5.32 Å². The fourth-order valence-electron chi connectivity index (χ4n) is 1.75. The van der Waals surface area contributed by atoms with E-state index in [1.807, 2.05) is 27.7 Å². The van der Waals surface area contributed by atoms with Crippen molar-refractivity contribution in [3.63, 3.8) is 0 Å². The molecule has 17 heavy (non-hydrogen) atoms. The zero-order valence-corrected chi connectivity index (χ0v) is 10.9. The molecule has 1 atom stereocenters. The fraction of sp³-hybridized carbons (Fsp3) is 0.750. The highest BCUT2D eigenvalue weighted by atomic mass is 16.2. The summed E-state index contributed by atoms with van der Waals surface area (Å²) < 4.78 is 0. The zero-order chi connectivity index (χ0) is 13.2. The minimum atomic E-state index is -0.449. The van der Waals surface area contributed by atoms with Gasteiger partial charge in [-0.15, -0.1) is 0 Å². The maximum absolute atomic E-state index is 11.9. The molecule has 96 valence electrons. The van der Waals surface area contributed by atoms with Crippen LogP contribution < -0.4 is 5.32 Å². The Labute approximate surface area is 102 Å². The van der Waals surface area contributed by atoms with Gasteiger partial charge in [0.25, 0.3) is 0 Å². The summed E-state index contributed by atoms with van der Waals surface area (Å²) in [5.74, 6) is -0.592. The van der Waals surface area contributed by atoms with Crippen molar-refractivity contribution in [2.45, 2.75) is 40.2 Å². The van der Waals surface area contributed by atoms with Gasteiger partial charge in [-0.05, 0) is 6.42 Å². The van der Waals surface area contributed by atoms with Crippen molar-refractivity contribution in [2.75, 3.05) is 13.1 Å². The Kier molecular flexibility index (Phi) is 4.03. The Morgan fingerprint density at radius 2 is 2.00 bits per heavy atom. The van der Waals surface area contributed by atoms with E-state index >= 15 is 0 Å². The first-order valence-electron chi connectivity index (χ1n) is 5.86. The predicted molar refractivity (Wildman–Crippen MR) is 63.3 cm³/mol. The molecule has 5 heteroatoms. The first-order chi connectivity index (χ1) is 7.75. The topological polar surface area (TPSA) is 66.5 Å². The molecule has 0 bridgehead atoms. The molecule has 0 saturated carbocycles. The molecule has 0 aliphatic carbocycles. The van der Waals surface area contributed by atoms with E-state index in [0.717, 1.165) is 0 Å². The molecule has 1 unspecified atom stereocenters. The van der Waals surface area contributed by atoms with E-state index in [1.165, 1.54) is 0 Å². The standard InChI is InChI=1S/C12H20N2O3/c1-5-8-11(17)13-10(16)7-14(8)6-9(15)12(2,3)4/h8H,5-7H2,1-4H3,(H,13,16,17). The minimum absolute atomic E-state index is 0.0402. The molecule has 1 N–H and O–H groups in total. The number of amides is 2. The number of imide groups is 1. The van der Waals surface area contributed by atoms with Crippen LogP contribution in [-0.2, 0) is 14.4 Å². The molecule has 1 saturated heterocycles. The van der Waals surface area contributed by atoms with Gasteiger partial charge in [-0.3, -0.25) is 24.6 Å². The van der Waals surface area contributed by atoms with Crippen LogP contribution in [0.1, 0.15) is 34.1 Å². The Hall–Kier alpha value is -1.23. The number of ketones is 1. The van der Waals surface area contributed by atoms with Gasteiger partial charge in [0.15, 0.2) is 5.78 Å². The van der Waals surface area contributed by atoms with Crippen molar-refractivity contribution in [1.82, 2.24) is 10.2 Å². The van der Waals surface area contributed by atoms with Gasteiger partial charge >= 0.3 is 0 Å². The molecular weight excluding hydrogens is 220 g/mol. The minimum Gasteiger partial charge on any atom is -0.298 e. The summed E-state index contributed by atoms with van der Waals surface area (Å²) in [4.78, 5) is 36.5. The lowest BCUT2D eigenvalue weighted by atomic mass is 9.90. The number of rotatable bonds is 3. The van der Waals surface area contributed by atoms with E-state index in [0.29, 0.717) is 6.42 Å². The maximum Gasteiger partial charge on any atom is 0.243 e. The number of Topliss-reactive ketones (excluding diaryl/α,β-unsaturated/α-hetero) is 1. The van der Waals surface area contributed by atoms with Crippen LogP contribution in [0.15, 0.2) is 0 Å². The third kappa shape index (κ3) is 3.36. The molecule has 5 nitrogen and oxygen atoms in total. The molecular formula is C12H20N2O3. The number of carbonyl (C=O) groups excluding carboxylic acids is 3. The molecule has 0 aromatic rings. The summed E-state index contributed by atoms with van der Waals surface area (Å²) in [6.07, 6.45) is 0.594. The van der Waals surface area contributed by atoms with Crippen LogP contribution in [0, 0.1) is 5.41 Å². The van der Waals surface area contributed by atoms with Gasteiger partial charge in [-0.1, -0.05) is 27.7 Å². The highest BCUT2D eigenvalue weighted by molar-refractivity contribution is 6.01. The monoisotopic (exact) mass is 240 g/mol.